The number of carboxylic acids is 1. The number of carbonyl (C=O) groups is 1. The molecule has 2 bridgehead atoms. The van der Waals surface area contributed by atoms with E-state index in [1.807, 2.05) is 0 Å². The Labute approximate surface area is 108 Å². The minimum atomic E-state index is -0.714. The van der Waals surface area contributed by atoms with Crippen LogP contribution < -0.4 is 10.6 Å². The highest BCUT2D eigenvalue weighted by atomic mass is 16.4. The molecule has 0 radical (unpaired) electrons. The van der Waals surface area contributed by atoms with Gasteiger partial charge in [0.25, 0.3) is 0 Å². The van der Waals surface area contributed by atoms with Crippen molar-refractivity contribution >= 4 is 5.97 Å². The van der Waals surface area contributed by atoms with Crippen molar-refractivity contribution in [1.29, 1.82) is 0 Å². The maximum Gasteiger partial charge on any atom is 0.309 e. The first kappa shape index (κ1) is 13.7. The highest BCUT2D eigenvalue weighted by Gasteiger charge is 2.19. The van der Waals surface area contributed by atoms with Crippen LogP contribution in [-0.2, 0) is 4.79 Å². The zero-order valence-corrected chi connectivity index (χ0v) is 10.9. The van der Waals surface area contributed by atoms with Crippen molar-refractivity contribution in [3.63, 3.8) is 0 Å². The molecule has 0 unspecified atom stereocenters. The van der Waals surface area contributed by atoms with Gasteiger partial charge in [0, 0.05) is 65.4 Å². The quantitative estimate of drug-likeness (QED) is 0.530. The molecule has 3 heterocycles. The van der Waals surface area contributed by atoms with Crippen LogP contribution >= 0.6 is 0 Å². The van der Waals surface area contributed by atoms with Crippen LogP contribution in [-0.4, -0.2) is 86.3 Å². The fourth-order valence-electron chi connectivity index (χ4n) is 2.51. The van der Waals surface area contributed by atoms with E-state index in [4.69, 9.17) is 5.11 Å². The van der Waals surface area contributed by atoms with Gasteiger partial charge in [0.1, 0.15) is 0 Å². The minimum absolute atomic E-state index is 0.326. The summed E-state index contributed by atoms with van der Waals surface area (Å²) in [6.07, 6.45) is 0. The van der Waals surface area contributed by atoms with Gasteiger partial charge in [-0.1, -0.05) is 0 Å². The molecule has 0 amide bonds. The number of hydrogen-bond donors (Lipinski definition) is 3. The van der Waals surface area contributed by atoms with Crippen LogP contribution in [0.4, 0.5) is 0 Å². The van der Waals surface area contributed by atoms with Crippen LogP contribution in [0.2, 0.25) is 0 Å². The van der Waals surface area contributed by atoms with E-state index in [9.17, 15) is 4.79 Å². The number of nitrogens with one attached hydrogen (secondary N) is 2. The largest absolute Gasteiger partial charge is 0.481 e. The van der Waals surface area contributed by atoms with E-state index < -0.39 is 5.97 Å². The van der Waals surface area contributed by atoms with Gasteiger partial charge in [-0.05, 0) is 0 Å². The van der Waals surface area contributed by atoms with Crippen LogP contribution in [0.1, 0.15) is 0 Å². The number of nitrogens with zero attached hydrogens (tertiary/aromatic N) is 2. The fourth-order valence-corrected chi connectivity index (χ4v) is 2.51. The first-order valence-electron chi connectivity index (χ1n) is 6.84. The molecule has 18 heavy (non-hydrogen) atoms. The lowest BCUT2D eigenvalue weighted by Gasteiger charge is -2.34. The molecule has 3 saturated heterocycles. The maximum absolute atomic E-state index is 11.1. The topological polar surface area (TPSA) is 67.8 Å². The van der Waals surface area contributed by atoms with E-state index in [1.54, 1.807) is 0 Å². The first-order valence-corrected chi connectivity index (χ1v) is 6.84. The molecule has 0 saturated carbocycles. The average Bonchev–Trinajstić information content (AvgIpc) is 2.40. The molecular formula is C12H24N4O2. The van der Waals surface area contributed by atoms with Crippen LogP contribution in [0.25, 0.3) is 0 Å². The van der Waals surface area contributed by atoms with Crippen LogP contribution in [0.3, 0.4) is 0 Å². The highest BCUT2D eigenvalue weighted by Crippen LogP contribution is 2.01. The second kappa shape index (κ2) is 7.04. The number of rotatable bonds is 1. The second-order valence-corrected chi connectivity index (χ2v) is 5.13. The van der Waals surface area contributed by atoms with Crippen molar-refractivity contribution in [2.75, 3.05) is 65.4 Å². The number of carboxylic acid groups (broad SMARTS) is 1. The normalized spacial score (nSPS) is 35.2. The van der Waals surface area contributed by atoms with E-state index in [1.165, 1.54) is 0 Å². The molecule has 3 N–H and O–H groups in total. The lowest BCUT2D eigenvalue weighted by molar-refractivity contribution is -0.141. The highest BCUT2D eigenvalue weighted by molar-refractivity contribution is 5.70. The fraction of sp³-hybridized carbons (Fsp3) is 0.917. The zero-order chi connectivity index (χ0) is 12.8. The minimum Gasteiger partial charge on any atom is -0.481 e. The summed E-state index contributed by atoms with van der Waals surface area (Å²) in [6, 6.07) is 0. The van der Waals surface area contributed by atoms with Crippen LogP contribution in [0.5, 0.6) is 0 Å². The summed E-state index contributed by atoms with van der Waals surface area (Å²) in [5, 5.41) is 15.6. The van der Waals surface area contributed by atoms with E-state index in [0.29, 0.717) is 13.1 Å². The lowest BCUT2D eigenvalue weighted by atomic mass is 10.1. The zero-order valence-electron chi connectivity index (χ0n) is 10.9. The molecule has 6 nitrogen and oxygen atoms in total. The number of fused-ring (bicyclic) bond motifs is 10. The Balaban J connectivity index is 1.85. The van der Waals surface area contributed by atoms with Crippen molar-refractivity contribution in [1.82, 2.24) is 20.4 Å². The molecule has 0 spiro atoms. The van der Waals surface area contributed by atoms with Gasteiger partial charge in [0.2, 0.25) is 0 Å². The Kier molecular flexibility index (Phi) is 5.37. The van der Waals surface area contributed by atoms with Crippen LogP contribution in [0, 0.1) is 5.92 Å². The van der Waals surface area contributed by atoms with Gasteiger partial charge < -0.3 is 15.7 Å². The molecule has 0 aliphatic carbocycles. The summed E-state index contributed by atoms with van der Waals surface area (Å²) in [7, 11) is 0. The third-order valence-corrected chi connectivity index (χ3v) is 3.81. The Hall–Kier alpha value is -0.690. The van der Waals surface area contributed by atoms with E-state index >= 15 is 0 Å². The Morgan fingerprint density at radius 3 is 1.72 bits per heavy atom. The summed E-state index contributed by atoms with van der Waals surface area (Å²) >= 11 is 0. The average molecular weight is 256 g/mol. The predicted molar refractivity (Wildman–Crippen MR) is 69.7 cm³/mol. The Bertz CT molecular complexity index is 247. The third kappa shape index (κ3) is 4.20. The van der Waals surface area contributed by atoms with Gasteiger partial charge in [-0.25, -0.2) is 0 Å². The smallest absolute Gasteiger partial charge is 0.309 e. The summed E-state index contributed by atoms with van der Waals surface area (Å²) in [6.45, 7) is 9.43. The molecule has 0 aromatic carbocycles. The first-order chi connectivity index (χ1) is 8.75. The SMILES string of the molecule is O=C(O)C1CNCCN2CCN(CCNC1)CC2. The summed E-state index contributed by atoms with van der Waals surface area (Å²) in [5.41, 5.74) is 0. The van der Waals surface area contributed by atoms with E-state index in [0.717, 1.165) is 52.4 Å². The van der Waals surface area contributed by atoms with Crippen molar-refractivity contribution in [2.45, 2.75) is 0 Å². The van der Waals surface area contributed by atoms with Crippen molar-refractivity contribution in [2.24, 2.45) is 5.92 Å². The molecule has 0 aromatic rings. The predicted octanol–water partition coefficient (Wildman–Crippen LogP) is -1.50. The molecule has 3 aliphatic rings. The molecule has 3 aliphatic heterocycles. The Morgan fingerprint density at radius 1 is 0.889 bits per heavy atom. The molecule has 0 aromatic heterocycles. The number of hydrogen-bond acceptors (Lipinski definition) is 5. The molecule has 6 heteroatoms. The maximum atomic E-state index is 11.1. The van der Waals surface area contributed by atoms with Gasteiger partial charge in [-0.15, -0.1) is 0 Å². The molecule has 3 fully saturated rings. The number of piperazine rings is 1. The van der Waals surface area contributed by atoms with E-state index in [2.05, 4.69) is 20.4 Å². The van der Waals surface area contributed by atoms with Crippen LogP contribution in [0.15, 0.2) is 0 Å². The number of aliphatic carboxylic acids is 1. The standard InChI is InChI=1S/C12H24N4O2/c17-12(18)11-9-13-1-3-15-5-7-16(8-6-15)4-2-14-10-11/h11,13-14H,1-10H2,(H,17,18). The van der Waals surface area contributed by atoms with Gasteiger partial charge in [0.05, 0.1) is 5.92 Å². The Morgan fingerprint density at radius 2 is 1.33 bits per heavy atom. The summed E-state index contributed by atoms with van der Waals surface area (Å²) in [4.78, 5) is 16.0. The van der Waals surface area contributed by atoms with Gasteiger partial charge in [0.15, 0.2) is 0 Å². The lowest BCUT2D eigenvalue weighted by Crippen LogP contribution is -2.49. The summed E-state index contributed by atoms with van der Waals surface area (Å²) in [5.74, 6) is -1.04. The van der Waals surface area contributed by atoms with Gasteiger partial charge in [-0.2, -0.15) is 0 Å². The van der Waals surface area contributed by atoms with Crippen molar-refractivity contribution in [3.05, 3.63) is 0 Å². The summed E-state index contributed by atoms with van der Waals surface area (Å²) < 4.78 is 0. The van der Waals surface area contributed by atoms with Gasteiger partial charge in [-0.3, -0.25) is 14.6 Å². The molecule has 104 valence electrons. The van der Waals surface area contributed by atoms with E-state index in [-0.39, 0.29) is 5.92 Å². The van der Waals surface area contributed by atoms with Gasteiger partial charge >= 0.3 is 5.97 Å². The molecule has 3 rings (SSSR count). The molecular weight excluding hydrogens is 232 g/mol. The van der Waals surface area contributed by atoms with Crippen molar-refractivity contribution < 1.29 is 9.90 Å². The van der Waals surface area contributed by atoms with Crippen molar-refractivity contribution in [3.8, 4) is 0 Å². The third-order valence-electron chi connectivity index (χ3n) is 3.81. The second-order valence-electron chi connectivity index (χ2n) is 5.13. The monoisotopic (exact) mass is 256 g/mol. The molecule has 0 atom stereocenters.